The fourth-order valence-corrected chi connectivity index (χ4v) is 5.38. The fourth-order valence-electron chi connectivity index (χ4n) is 2.88. The van der Waals surface area contributed by atoms with Gasteiger partial charge in [0.05, 0.1) is 17.0 Å². The summed E-state index contributed by atoms with van der Waals surface area (Å²) in [4.78, 5) is 17.4. The minimum absolute atomic E-state index is 0.0321. The number of aromatic nitrogens is 1. The van der Waals surface area contributed by atoms with E-state index in [1.54, 1.807) is 11.8 Å². The van der Waals surface area contributed by atoms with Crippen molar-refractivity contribution in [2.75, 3.05) is 17.8 Å². The highest BCUT2D eigenvalue weighted by atomic mass is 35.5. The highest BCUT2D eigenvalue weighted by Crippen LogP contribution is 2.26. The molecule has 0 N–H and O–H groups in total. The van der Waals surface area contributed by atoms with E-state index in [0.29, 0.717) is 17.1 Å². The van der Waals surface area contributed by atoms with E-state index in [1.807, 2.05) is 30.5 Å². The Balaban J connectivity index is 1.64. The number of pyridine rings is 1. The second-order valence-electron chi connectivity index (χ2n) is 6.13. The van der Waals surface area contributed by atoms with Crippen molar-refractivity contribution in [3.63, 3.8) is 0 Å². The monoisotopic (exact) mass is 399 g/mol. The van der Waals surface area contributed by atoms with Gasteiger partial charge in [0.15, 0.2) is 9.84 Å². The van der Waals surface area contributed by atoms with Gasteiger partial charge >= 0.3 is 5.97 Å². The molecule has 1 saturated heterocycles. The van der Waals surface area contributed by atoms with E-state index >= 15 is 0 Å². The molecular formula is C17H18ClNO4S2. The minimum Gasteiger partial charge on any atom is -0.461 e. The molecule has 134 valence electrons. The van der Waals surface area contributed by atoms with Crippen LogP contribution >= 0.6 is 23.4 Å². The Morgan fingerprint density at radius 3 is 2.88 bits per heavy atom. The zero-order valence-electron chi connectivity index (χ0n) is 13.7. The number of esters is 1. The molecule has 0 amide bonds. The molecule has 0 spiro atoms. The van der Waals surface area contributed by atoms with Crippen LogP contribution < -0.4 is 0 Å². The SMILES string of the molecule is CSc1ccc2cc(COC(=O)C[C@H]3CCS(=O)(=O)C3)c(Cl)nc2c1. The lowest BCUT2D eigenvalue weighted by atomic mass is 10.1. The number of thioether (sulfide) groups is 1. The maximum absolute atomic E-state index is 12.0. The molecular weight excluding hydrogens is 382 g/mol. The Bertz CT molecular complexity index is 914. The first-order valence-electron chi connectivity index (χ1n) is 7.85. The van der Waals surface area contributed by atoms with E-state index in [0.717, 1.165) is 15.8 Å². The van der Waals surface area contributed by atoms with E-state index in [9.17, 15) is 13.2 Å². The molecule has 1 fully saturated rings. The van der Waals surface area contributed by atoms with E-state index in [2.05, 4.69) is 4.98 Å². The lowest BCUT2D eigenvalue weighted by Gasteiger charge is -2.10. The Hall–Kier alpha value is -1.31. The lowest BCUT2D eigenvalue weighted by molar-refractivity contribution is -0.145. The number of nitrogens with zero attached hydrogens (tertiary/aromatic N) is 1. The molecule has 3 rings (SSSR count). The minimum atomic E-state index is -2.99. The van der Waals surface area contributed by atoms with Gasteiger partial charge in [-0.2, -0.15) is 0 Å². The van der Waals surface area contributed by atoms with Crippen LogP contribution in [0.4, 0.5) is 0 Å². The summed E-state index contributed by atoms with van der Waals surface area (Å²) in [7, 11) is -2.99. The van der Waals surface area contributed by atoms with Crippen LogP contribution in [-0.2, 0) is 26.0 Å². The maximum atomic E-state index is 12.0. The number of carbonyl (C=O) groups is 1. The van der Waals surface area contributed by atoms with E-state index in [1.165, 1.54) is 0 Å². The molecule has 0 radical (unpaired) electrons. The van der Waals surface area contributed by atoms with Crippen molar-refractivity contribution in [3.8, 4) is 0 Å². The molecule has 0 aliphatic carbocycles. The first-order valence-corrected chi connectivity index (χ1v) is 11.3. The van der Waals surface area contributed by atoms with Gasteiger partial charge in [-0.15, -0.1) is 11.8 Å². The summed E-state index contributed by atoms with van der Waals surface area (Å²) >= 11 is 7.83. The van der Waals surface area contributed by atoms with Crippen LogP contribution in [0.25, 0.3) is 10.9 Å². The zero-order valence-corrected chi connectivity index (χ0v) is 16.1. The first kappa shape index (κ1) is 18.5. The van der Waals surface area contributed by atoms with Gasteiger partial charge in [0.2, 0.25) is 0 Å². The van der Waals surface area contributed by atoms with Crippen LogP contribution in [0.3, 0.4) is 0 Å². The van der Waals surface area contributed by atoms with Crippen LogP contribution in [-0.4, -0.2) is 37.1 Å². The standard InChI is InChI=1S/C17H18ClNO4S2/c1-24-14-3-2-12-7-13(17(18)19-15(12)8-14)9-23-16(20)6-11-4-5-25(21,22)10-11/h2-3,7-8,11H,4-6,9-10H2,1H3/t11-/m1/s1. The highest BCUT2D eigenvalue weighted by molar-refractivity contribution is 7.98. The Morgan fingerprint density at radius 1 is 1.40 bits per heavy atom. The topological polar surface area (TPSA) is 73.3 Å². The Kier molecular flexibility index (Phi) is 5.55. The number of benzene rings is 1. The largest absolute Gasteiger partial charge is 0.461 e. The van der Waals surface area contributed by atoms with Gasteiger partial charge in [0.25, 0.3) is 0 Å². The van der Waals surface area contributed by atoms with Crippen LogP contribution in [0.2, 0.25) is 5.15 Å². The molecule has 0 bridgehead atoms. The summed E-state index contributed by atoms with van der Waals surface area (Å²) in [5.41, 5.74) is 1.43. The van der Waals surface area contributed by atoms with Crippen LogP contribution in [0.1, 0.15) is 18.4 Å². The van der Waals surface area contributed by atoms with Gasteiger partial charge < -0.3 is 4.74 Å². The molecule has 1 aromatic heterocycles. The summed E-state index contributed by atoms with van der Waals surface area (Å²) in [6.45, 7) is 0.0321. The summed E-state index contributed by atoms with van der Waals surface area (Å²) < 4.78 is 28.1. The van der Waals surface area contributed by atoms with Crippen LogP contribution in [0, 0.1) is 5.92 Å². The van der Waals surface area contributed by atoms with E-state index < -0.39 is 15.8 Å². The quantitative estimate of drug-likeness (QED) is 0.435. The molecule has 2 aromatic rings. The normalized spacial score (nSPS) is 19.2. The maximum Gasteiger partial charge on any atom is 0.306 e. The van der Waals surface area contributed by atoms with Crippen LogP contribution in [0.5, 0.6) is 0 Å². The summed E-state index contributed by atoms with van der Waals surface area (Å²) in [5, 5.41) is 1.23. The molecule has 1 aliphatic heterocycles. The van der Waals surface area contributed by atoms with Gasteiger partial charge in [-0.1, -0.05) is 17.7 Å². The summed E-state index contributed by atoms with van der Waals surface area (Å²) in [6.07, 6.45) is 2.63. The second kappa shape index (κ2) is 7.51. The van der Waals surface area contributed by atoms with Crippen molar-refractivity contribution in [2.45, 2.75) is 24.3 Å². The van der Waals surface area contributed by atoms with E-state index in [-0.39, 0.29) is 30.5 Å². The fraction of sp³-hybridized carbons (Fsp3) is 0.412. The van der Waals surface area contributed by atoms with Crippen molar-refractivity contribution in [3.05, 3.63) is 35.0 Å². The molecule has 0 saturated carbocycles. The third-order valence-electron chi connectivity index (χ3n) is 4.22. The van der Waals surface area contributed by atoms with Crippen molar-refractivity contribution in [1.82, 2.24) is 4.98 Å². The van der Waals surface area contributed by atoms with Gasteiger partial charge in [-0.05, 0) is 36.8 Å². The van der Waals surface area contributed by atoms with E-state index in [4.69, 9.17) is 16.3 Å². The van der Waals surface area contributed by atoms with Crippen molar-refractivity contribution >= 4 is 50.1 Å². The smallest absolute Gasteiger partial charge is 0.306 e. The van der Waals surface area contributed by atoms with Gasteiger partial charge in [0, 0.05) is 22.3 Å². The predicted molar refractivity (Wildman–Crippen MR) is 99.7 cm³/mol. The summed E-state index contributed by atoms with van der Waals surface area (Å²) in [5.74, 6) is -0.328. The molecule has 1 aliphatic rings. The third-order valence-corrected chi connectivity index (χ3v) is 7.11. The number of ether oxygens (including phenoxy) is 1. The average Bonchev–Trinajstić information content (AvgIpc) is 2.90. The number of fused-ring (bicyclic) bond motifs is 1. The second-order valence-corrected chi connectivity index (χ2v) is 9.60. The number of hydrogen-bond acceptors (Lipinski definition) is 6. The molecule has 8 heteroatoms. The van der Waals surface area contributed by atoms with Crippen molar-refractivity contribution < 1.29 is 17.9 Å². The number of carbonyl (C=O) groups excluding carboxylic acids is 1. The number of rotatable bonds is 5. The number of halogens is 1. The van der Waals surface area contributed by atoms with Crippen molar-refractivity contribution in [2.24, 2.45) is 5.92 Å². The van der Waals surface area contributed by atoms with Gasteiger partial charge in [-0.3, -0.25) is 4.79 Å². The molecule has 0 unspecified atom stereocenters. The molecule has 1 atom stereocenters. The molecule has 25 heavy (non-hydrogen) atoms. The third kappa shape index (κ3) is 4.65. The lowest BCUT2D eigenvalue weighted by Crippen LogP contribution is -2.13. The first-order chi connectivity index (χ1) is 11.9. The van der Waals surface area contributed by atoms with Crippen molar-refractivity contribution in [1.29, 1.82) is 0 Å². The summed E-state index contributed by atoms with van der Waals surface area (Å²) in [6, 6.07) is 7.78. The predicted octanol–water partition coefficient (Wildman–Crippen LogP) is 3.48. The number of hydrogen-bond donors (Lipinski definition) is 0. The van der Waals surface area contributed by atoms with Gasteiger partial charge in [-0.25, -0.2) is 13.4 Å². The zero-order chi connectivity index (χ0) is 18.0. The van der Waals surface area contributed by atoms with Crippen LogP contribution in [0.15, 0.2) is 29.2 Å². The molecule has 2 heterocycles. The molecule has 1 aromatic carbocycles. The van der Waals surface area contributed by atoms with Gasteiger partial charge in [0.1, 0.15) is 11.8 Å². The Labute approximate surface area is 156 Å². The molecule has 5 nitrogen and oxygen atoms in total. The number of sulfone groups is 1. The Morgan fingerprint density at radius 2 is 2.20 bits per heavy atom. The highest BCUT2D eigenvalue weighted by Gasteiger charge is 2.29. The average molecular weight is 400 g/mol.